The molecule has 5 aromatic rings. The Kier molecular flexibility index (Phi) is 6.74. The topological polar surface area (TPSA) is 3.24 Å². The van der Waals surface area contributed by atoms with Gasteiger partial charge in [-0.3, -0.25) is 0 Å². The molecule has 0 N–H and O–H groups in total. The minimum Gasteiger partial charge on any atom is -0.310 e. The van der Waals surface area contributed by atoms with Crippen LogP contribution >= 0.6 is 11.8 Å². The normalized spacial score (nSPS) is 28.5. The van der Waals surface area contributed by atoms with Gasteiger partial charge in [-0.1, -0.05) is 114 Å². The molecule has 0 saturated heterocycles. The summed E-state index contributed by atoms with van der Waals surface area (Å²) in [6.07, 6.45) is 9.44. The van der Waals surface area contributed by atoms with Crippen molar-refractivity contribution in [1.82, 2.24) is 0 Å². The lowest BCUT2D eigenvalue weighted by atomic mass is 9.42. The summed E-state index contributed by atoms with van der Waals surface area (Å²) in [4.78, 5) is 5.69. The van der Waals surface area contributed by atoms with E-state index in [2.05, 4.69) is 150 Å². The van der Waals surface area contributed by atoms with E-state index in [1.54, 1.807) is 11.1 Å². The van der Waals surface area contributed by atoms with Gasteiger partial charge in [0, 0.05) is 37.6 Å². The first-order valence-electron chi connectivity index (χ1n) is 20.6. The van der Waals surface area contributed by atoms with Crippen LogP contribution in [-0.2, 0) is 21.7 Å². The van der Waals surface area contributed by atoms with E-state index in [0.717, 1.165) is 11.8 Å². The first-order chi connectivity index (χ1) is 25.5. The summed E-state index contributed by atoms with van der Waals surface area (Å²) in [5, 5.41) is 0. The summed E-state index contributed by atoms with van der Waals surface area (Å²) in [5.41, 5.74) is 16.2. The highest BCUT2D eigenvalue weighted by molar-refractivity contribution is 7.99. The van der Waals surface area contributed by atoms with Crippen molar-refractivity contribution in [2.24, 2.45) is 23.7 Å². The maximum Gasteiger partial charge on any atom is 0.0514 e. The smallest absolute Gasteiger partial charge is 0.0514 e. The molecule has 0 unspecified atom stereocenters. The Morgan fingerprint density at radius 3 is 1.83 bits per heavy atom. The summed E-state index contributed by atoms with van der Waals surface area (Å²) in [6, 6.07) is 41.0. The molecule has 0 atom stereocenters. The van der Waals surface area contributed by atoms with Crippen molar-refractivity contribution in [1.29, 1.82) is 0 Å². The number of anilines is 3. The van der Waals surface area contributed by atoms with Crippen LogP contribution < -0.4 is 4.90 Å². The minimum absolute atomic E-state index is 0.0428. The number of fused-ring (bicyclic) bond motifs is 6. The van der Waals surface area contributed by atoms with Gasteiger partial charge < -0.3 is 4.90 Å². The Morgan fingerprint density at radius 2 is 1.09 bits per heavy atom. The van der Waals surface area contributed by atoms with E-state index in [1.807, 2.05) is 11.8 Å². The second-order valence-electron chi connectivity index (χ2n) is 19.7. The minimum atomic E-state index is -0.0664. The molecule has 7 aliphatic rings. The fourth-order valence-corrected chi connectivity index (χ4v) is 14.4. The second-order valence-corrected chi connectivity index (χ2v) is 20.7. The fraction of sp³-hybridized carbons (Fsp3) is 0.412. The van der Waals surface area contributed by atoms with E-state index >= 15 is 0 Å². The molecule has 0 amide bonds. The quantitative estimate of drug-likeness (QED) is 0.183. The third kappa shape index (κ3) is 4.39. The van der Waals surface area contributed by atoms with E-state index < -0.39 is 0 Å². The van der Waals surface area contributed by atoms with Crippen molar-refractivity contribution in [3.05, 3.63) is 137 Å². The highest BCUT2D eigenvalue weighted by Gasteiger charge is 2.61. The fourth-order valence-electron chi connectivity index (χ4n) is 13.1. The van der Waals surface area contributed by atoms with Gasteiger partial charge in [-0.15, -0.1) is 0 Å². The van der Waals surface area contributed by atoms with Gasteiger partial charge in [0.2, 0.25) is 0 Å². The van der Waals surface area contributed by atoms with Gasteiger partial charge in [0.15, 0.2) is 0 Å². The average molecular weight is 712 g/mol. The predicted molar refractivity (Wildman–Crippen MR) is 222 cm³/mol. The van der Waals surface area contributed by atoms with Crippen molar-refractivity contribution in [3.8, 4) is 11.1 Å². The van der Waals surface area contributed by atoms with E-state index in [4.69, 9.17) is 0 Å². The maximum atomic E-state index is 2.72. The molecular weight excluding hydrogens is 659 g/mol. The van der Waals surface area contributed by atoms with Crippen LogP contribution in [0.4, 0.5) is 17.1 Å². The van der Waals surface area contributed by atoms with E-state index in [9.17, 15) is 0 Å². The Bertz CT molecular complexity index is 2310. The predicted octanol–water partition coefficient (Wildman–Crippen LogP) is 14.0. The Hall–Kier alpha value is -3.75. The Labute approximate surface area is 321 Å². The number of nitrogens with zero attached hydrogens (tertiary/aromatic N) is 1. The van der Waals surface area contributed by atoms with Crippen LogP contribution in [0, 0.1) is 23.7 Å². The molecule has 1 nitrogen and oxygen atoms in total. The van der Waals surface area contributed by atoms with Crippen LogP contribution in [0.3, 0.4) is 0 Å². The molecule has 2 heteroatoms. The zero-order valence-corrected chi connectivity index (χ0v) is 33.2. The summed E-state index contributed by atoms with van der Waals surface area (Å²) < 4.78 is 0. The van der Waals surface area contributed by atoms with Gasteiger partial charge in [0.05, 0.1) is 5.69 Å². The molecule has 1 heterocycles. The van der Waals surface area contributed by atoms with Gasteiger partial charge in [-0.05, 0) is 161 Å². The molecule has 268 valence electrons. The maximum absolute atomic E-state index is 2.72. The lowest BCUT2D eigenvalue weighted by Crippen LogP contribution is -2.57. The molecule has 4 fully saturated rings. The van der Waals surface area contributed by atoms with Crippen molar-refractivity contribution < 1.29 is 0 Å². The molecule has 0 aromatic heterocycles. The standard InChI is InChI=1S/C51H53NS/c1-48(2)22-23-49(3,4)43-30-36(19-21-40(43)48)52(35-18-20-38-37-12-7-8-13-39(37)50(5,6)42(38)29-35)44-15-11-17-46-47(44)51(41-14-9-10-16-45(41)53-46)33-25-31-24-32(27-33)28-34(51)26-31/h7-21,29-34H,22-28H2,1-6H3. The lowest BCUT2D eigenvalue weighted by Gasteiger charge is -2.63. The summed E-state index contributed by atoms with van der Waals surface area (Å²) >= 11 is 2.03. The summed E-state index contributed by atoms with van der Waals surface area (Å²) in [7, 11) is 0. The van der Waals surface area contributed by atoms with Crippen molar-refractivity contribution in [2.75, 3.05) is 4.90 Å². The molecule has 53 heavy (non-hydrogen) atoms. The molecule has 1 spiro atoms. The molecule has 0 radical (unpaired) electrons. The van der Waals surface area contributed by atoms with Gasteiger partial charge in [-0.2, -0.15) is 0 Å². The highest BCUT2D eigenvalue weighted by Crippen LogP contribution is 2.70. The molecular formula is C51H53NS. The Balaban J connectivity index is 1.19. The molecule has 5 aromatic carbocycles. The SMILES string of the molecule is CC1(C)CCC(C)(C)c2cc(N(c3ccc4c(c3)C(C)(C)c3ccccc3-4)c3cccc4c3C3(c5ccccc5S4)C4CC5CC(C4)CC3C5)ccc21. The monoisotopic (exact) mass is 711 g/mol. The molecule has 6 aliphatic carbocycles. The molecule has 1 aliphatic heterocycles. The van der Waals surface area contributed by atoms with Crippen LogP contribution in [-0.4, -0.2) is 0 Å². The first-order valence-corrected chi connectivity index (χ1v) is 21.4. The van der Waals surface area contributed by atoms with Gasteiger partial charge in [-0.25, -0.2) is 0 Å². The first kappa shape index (κ1) is 32.7. The Morgan fingerprint density at radius 1 is 0.509 bits per heavy atom. The van der Waals surface area contributed by atoms with Crippen LogP contribution in [0.15, 0.2) is 113 Å². The highest BCUT2D eigenvalue weighted by atomic mass is 32.2. The largest absolute Gasteiger partial charge is 0.310 e. The third-order valence-electron chi connectivity index (χ3n) is 15.6. The summed E-state index contributed by atoms with van der Waals surface area (Å²) in [6.45, 7) is 14.7. The van der Waals surface area contributed by atoms with Crippen LogP contribution in [0.5, 0.6) is 0 Å². The van der Waals surface area contributed by atoms with Crippen LogP contribution in [0.1, 0.15) is 120 Å². The van der Waals surface area contributed by atoms with Crippen LogP contribution in [0.2, 0.25) is 0 Å². The van der Waals surface area contributed by atoms with Crippen molar-refractivity contribution in [3.63, 3.8) is 0 Å². The van der Waals surface area contributed by atoms with Crippen LogP contribution in [0.25, 0.3) is 11.1 Å². The van der Waals surface area contributed by atoms with Gasteiger partial charge in [0.1, 0.15) is 0 Å². The zero-order chi connectivity index (χ0) is 36.1. The molecule has 4 bridgehead atoms. The second kappa shape index (κ2) is 10.9. The van der Waals surface area contributed by atoms with Gasteiger partial charge in [0.25, 0.3) is 0 Å². The summed E-state index contributed by atoms with van der Waals surface area (Å²) in [5.74, 6) is 3.20. The third-order valence-corrected chi connectivity index (χ3v) is 16.7. The lowest BCUT2D eigenvalue weighted by molar-refractivity contribution is -0.0441. The number of rotatable bonds is 3. The van der Waals surface area contributed by atoms with Crippen molar-refractivity contribution in [2.45, 2.75) is 118 Å². The van der Waals surface area contributed by atoms with Crippen molar-refractivity contribution >= 4 is 28.8 Å². The zero-order valence-electron chi connectivity index (χ0n) is 32.4. The number of hydrogen-bond donors (Lipinski definition) is 0. The van der Waals surface area contributed by atoms with E-state index in [0.29, 0.717) is 11.8 Å². The number of benzene rings is 5. The molecule has 4 saturated carbocycles. The van der Waals surface area contributed by atoms with Gasteiger partial charge >= 0.3 is 0 Å². The molecule has 12 rings (SSSR count). The average Bonchev–Trinajstić information content (AvgIpc) is 3.37. The van der Waals surface area contributed by atoms with E-state index in [-0.39, 0.29) is 21.7 Å². The number of hydrogen-bond acceptors (Lipinski definition) is 2. The van der Waals surface area contributed by atoms with E-state index in [1.165, 1.54) is 105 Å².